The number of hydrogen-bond acceptors (Lipinski definition) is 3. The van der Waals surface area contributed by atoms with E-state index in [2.05, 4.69) is 5.32 Å². The van der Waals surface area contributed by atoms with E-state index in [1.165, 1.54) is 0 Å². The number of nitrogens with one attached hydrogen (secondary N) is 1. The van der Waals surface area contributed by atoms with Crippen LogP contribution in [0, 0.1) is 5.92 Å². The van der Waals surface area contributed by atoms with E-state index in [0.717, 1.165) is 0 Å². The van der Waals surface area contributed by atoms with Crippen LogP contribution in [0.1, 0.15) is 31.9 Å². The average Bonchev–Trinajstić information content (AvgIpc) is 2.37. The Morgan fingerprint density at radius 1 is 1.37 bits per heavy atom. The lowest BCUT2D eigenvalue weighted by Crippen LogP contribution is -2.41. The molecule has 0 fully saturated rings. The van der Waals surface area contributed by atoms with Crippen molar-refractivity contribution in [2.45, 2.75) is 32.4 Å². The fourth-order valence-electron chi connectivity index (χ4n) is 1.87. The molecule has 1 rings (SSSR count). The van der Waals surface area contributed by atoms with Gasteiger partial charge in [-0.1, -0.05) is 43.6 Å². The van der Waals surface area contributed by atoms with Crippen LogP contribution in [0.15, 0.2) is 24.3 Å². The van der Waals surface area contributed by atoms with Crippen molar-refractivity contribution in [3.05, 3.63) is 34.9 Å². The van der Waals surface area contributed by atoms with Crippen LogP contribution in [0.3, 0.4) is 0 Å². The van der Waals surface area contributed by atoms with Gasteiger partial charge >= 0.3 is 0 Å². The minimum absolute atomic E-state index is 0.154. The van der Waals surface area contributed by atoms with Crippen LogP contribution in [0.25, 0.3) is 0 Å². The van der Waals surface area contributed by atoms with Gasteiger partial charge < -0.3 is 15.5 Å². The maximum absolute atomic E-state index is 11.9. The zero-order valence-electron chi connectivity index (χ0n) is 11.1. The van der Waals surface area contributed by atoms with Crippen molar-refractivity contribution in [1.29, 1.82) is 0 Å². The quantitative estimate of drug-likeness (QED) is 0.748. The lowest BCUT2D eigenvalue weighted by atomic mass is 10.0. The van der Waals surface area contributed by atoms with E-state index >= 15 is 0 Å². The number of benzene rings is 1. The van der Waals surface area contributed by atoms with E-state index in [1.54, 1.807) is 24.3 Å². The first kappa shape index (κ1) is 16.0. The first-order valence-electron chi connectivity index (χ1n) is 6.29. The van der Waals surface area contributed by atoms with Gasteiger partial charge in [-0.3, -0.25) is 4.79 Å². The Hall–Kier alpha value is -1.10. The van der Waals surface area contributed by atoms with Gasteiger partial charge in [0.15, 0.2) is 6.10 Å². The molecule has 1 aromatic rings. The van der Waals surface area contributed by atoms with Gasteiger partial charge in [-0.25, -0.2) is 0 Å². The normalized spacial score (nSPS) is 14.2. The molecule has 0 aliphatic carbocycles. The van der Waals surface area contributed by atoms with Crippen LogP contribution < -0.4 is 5.32 Å². The molecule has 1 amide bonds. The molecule has 5 heteroatoms. The predicted molar refractivity (Wildman–Crippen MR) is 74.9 cm³/mol. The van der Waals surface area contributed by atoms with Crippen molar-refractivity contribution < 1.29 is 15.0 Å². The van der Waals surface area contributed by atoms with E-state index in [4.69, 9.17) is 11.6 Å². The Labute approximate surface area is 118 Å². The molecular formula is C14H20ClNO3. The Bertz CT molecular complexity index is 423. The van der Waals surface area contributed by atoms with Crippen molar-refractivity contribution in [3.63, 3.8) is 0 Å². The van der Waals surface area contributed by atoms with Crippen LogP contribution in [0.5, 0.6) is 0 Å². The zero-order valence-corrected chi connectivity index (χ0v) is 11.9. The third-order valence-corrected chi connectivity index (χ3v) is 3.12. The SMILES string of the molecule is CC(C)CC(CO)NC(=O)[C@H](O)c1ccccc1Cl. The second kappa shape index (κ2) is 7.48. The number of carbonyl (C=O) groups is 1. The number of carbonyl (C=O) groups excluding carboxylic acids is 1. The molecule has 0 aliphatic rings. The topological polar surface area (TPSA) is 69.6 Å². The highest BCUT2D eigenvalue weighted by molar-refractivity contribution is 6.31. The summed E-state index contributed by atoms with van der Waals surface area (Å²) in [5.41, 5.74) is 0.364. The van der Waals surface area contributed by atoms with Crippen molar-refractivity contribution in [2.75, 3.05) is 6.61 Å². The van der Waals surface area contributed by atoms with E-state index in [0.29, 0.717) is 22.9 Å². The van der Waals surface area contributed by atoms with Gasteiger partial charge in [0.05, 0.1) is 12.6 Å². The van der Waals surface area contributed by atoms with Crippen LogP contribution in [0.2, 0.25) is 5.02 Å². The van der Waals surface area contributed by atoms with Crippen molar-refractivity contribution in [3.8, 4) is 0 Å². The summed E-state index contributed by atoms with van der Waals surface area (Å²) >= 11 is 5.93. The second-order valence-electron chi connectivity index (χ2n) is 4.94. The molecule has 106 valence electrons. The third kappa shape index (κ3) is 4.82. The molecule has 0 heterocycles. The molecule has 0 aliphatic heterocycles. The van der Waals surface area contributed by atoms with Gasteiger partial charge in [-0.2, -0.15) is 0 Å². The maximum atomic E-state index is 11.9. The van der Waals surface area contributed by atoms with E-state index in [-0.39, 0.29) is 12.6 Å². The Balaban J connectivity index is 2.69. The summed E-state index contributed by atoms with van der Waals surface area (Å²) < 4.78 is 0. The van der Waals surface area contributed by atoms with Crippen LogP contribution in [-0.4, -0.2) is 28.8 Å². The highest BCUT2D eigenvalue weighted by Crippen LogP contribution is 2.22. The summed E-state index contributed by atoms with van der Waals surface area (Å²) in [6.45, 7) is 3.85. The van der Waals surface area contributed by atoms with E-state index < -0.39 is 12.0 Å². The molecule has 3 N–H and O–H groups in total. The van der Waals surface area contributed by atoms with E-state index in [1.807, 2.05) is 13.8 Å². The minimum atomic E-state index is -1.32. The Kier molecular flexibility index (Phi) is 6.28. The number of aliphatic hydroxyl groups excluding tert-OH is 2. The number of rotatable bonds is 6. The smallest absolute Gasteiger partial charge is 0.253 e. The predicted octanol–water partition coefficient (Wildman–Crippen LogP) is 1.90. The minimum Gasteiger partial charge on any atom is -0.394 e. The molecule has 0 saturated heterocycles. The molecule has 2 atom stereocenters. The molecule has 1 unspecified atom stereocenters. The van der Waals surface area contributed by atoms with Gasteiger partial charge in [-0.05, 0) is 18.4 Å². The zero-order chi connectivity index (χ0) is 14.4. The monoisotopic (exact) mass is 285 g/mol. The summed E-state index contributed by atoms with van der Waals surface area (Å²) in [5.74, 6) is -0.206. The average molecular weight is 286 g/mol. The van der Waals surface area contributed by atoms with Gasteiger partial charge in [0.2, 0.25) is 0 Å². The van der Waals surface area contributed by atoms with Crippen molar-refractivity contribution in [2.24, 2.45) is 5.92 Å². The summed E-state index contributed by atoms with van der Waals surface area (Å²) in [4.78, 5) is 11.9. The molecule has 0 aromatic heterocycles. The van der Waals surface area contributed by atoms with E-state index in [9.17, 15) is 15.0 Å². The summed E-state index contributed by atoms with van der Waals surface area (Å²) in [5, 5.41) is 22.1. The Morgan fingerprint density at radius 3 is 2.53 bits per heavy atom. The highest BCUT2D eigenvalue weighted by atomic mass is 35.5. The van der Waals surface area contributed by atoms with Crippen LogP contribution >= 0.6 is 11.6 Å². The highest BCUT2D eigenvalue weighted by Gasteiger charge is 2.22. The summed E-state index contributed by atoms with van der Waals surface area (Å²) in [6, 6.07) is 6.29. The number of hydrogen-bond donors (Lipinski definition) is 3. The molecule has 0 saturated carbocycles. The van der Waals surface area contributed by atoms with Gasteiger partial charge in [0.1, 0.15) is 0 Å². The fourth-order valence-corrected chi connectivity index (χ4v) is 2.11. The first-order chi connectivity index (χ1) is 8.95. The molecule has 0 spiro atoms. The van der Waals surface area contributed by atoms with Gasteiger partial charge in [0, 0.05) is 10.6 Å². The maximum Gasteiger partial charge on any atom is 0.253 e. The molecule has 1 aromatic carbocycles. The first-order valence-corrected chi connectivity index (χ1v) is 6.67. The third-order valence-electron chi connectivity index (χ3n) is 2.77. The number of aliphatic hydroxyl groups is 2. The summed E-state index contributed by atoms with van der Waals surface area (Å²) in [7, 11) is 0. The standard InChI is InChI=1S/C14H20ClNO3/c1-9(2)7-10(8-17)16-14(19)13(18)11-5-3-4-6-12(11)15/h3-6,9-10,13,17-18H,7-8H2,1-2H3,(H,16,19)/t10?,13-/m1/s1. The largest absolute Gasteiger partial charge is 0.394 e. The molecular weight excluding hydrogens is 266 g/mol. The molecule has 19 heavy (non-hydrogen) atoms. The number of amides is 1. The van der Waals surface area contributed by atoms with Gasteiger partial charge in [0.25, 0.3) is 5.91 Å². The van der Waals surface area contributed by atoms with Crippen LogP contribution in [-0.2, 0) is 4.79 Å². The second-order valence-corrected chi connectivity index (χ2v) is 5.35. The lowest BCUT2D eigenvalue weighted by molar-refractivity contribution is -0.130. The summed E-state index contributed by atoms with van der Waals surface area (Å²) in [6.07, 6.45) is -0.674. The number of halogens is 1. The fraction of sp³-hybridized carbons (Fsp3) is 0.500. The Morgan fingerprint density at radius 2 is 2.00 bits per heavy atom. The van der Waals surface area contributed by atoms with Gasteiger partial charge in [-0.15, -0.1) is 0 Å². The van der Waals surface area contributed by atoms with Crippen molar-refractivity contribution >= 4 is 17.5 Å². The van der Waals surface area contributed by atoms with Crippen LogP contribution in [0.4, 0.5) is 0 Å². The molecule has 4 nitrogen and oxygen atoms in total. The molecule has 0 radical (unpaired) electrons. The van der Waals surface area contributed by atoms with Crippen molar-refractivity contribution in [1.82, 2.24) is 5.32 Å². The lowest BCUT2D eigenvalue weighted by Gasteiger charge is -2.20. The molecule has 0 bridgehead atoms.